The van der Waals surface area contributed by atoms with Gasteiger partial charge in [0.25, 0.3) is 0 Å². The van der Waals surface area contributed by atoms with Crippen LogP contribution < -0.4 is 0 Å². The van der Waals surface area contributed by atoms with Crippen LogP contribution in [0.25, 0.3) is 0 Å². The van der Waals surface area contributed by atoms with Crippen LogP contribution in [0.3, 0.4) is 0 Å². The zero-order valence-corrected chi connectivity index (χ0v) is 16.6. The molecule has 0 aromatic rings. The number of ether oxygens (including phenoxy) is 1. The van der Waals surface area contributed by atoms with E-state index in [1.807, 2.05) is 12.2 Å². The van der Waals surface area contributed by atoms with Crippen molar-refractivity contribution >= 4 is 5.97 Å². The number of hydrogen-bond donors (Lipinski definition) is 4. The number of carboxylic acids is 1. The van der Waals surface area contributed by atoms with E-state index < -0.39 is 36.5 Å². The molecule has 0 aliphatic carbocycles. The van der Waals surface area contributed by atoms with E-state index in [1.165, 1.54) is 0 Å². The SMILES string of the molecule is CC/C=C\C/C=C\C[C@H](O)/C=C/[C@@H]1O[C@H]([C@@H](O)C/C=C\CCC(=O)O)C[C@@H]1O. The lowest BCUT2D eigenvalue weighted by molar-refractivity contribution is -0.136. The van der Waals surface area contributed by atoms with Crippen molar-refractivity contribution in [1.82, 2.24) is 0 Å². The van der Waals surface area contributed by atoms with Crippen molar-refractivity contribution in [3.63, 3.8) is 0 Å². The molecular weight excluding hydrogens is 360 g/mol. The lowest BCUT2D eigenvalue weighted by Gasteiger charge is -2.16. The Morgan fingerprint density at radius 3 is 2.54 bits per heavy atom. The maximum absolute atomic E-state index is 10.4. The van der Waals surface area contributed by atoms with Gasteiger partial charge >= 0.3 is 5.97 Å². The van der Waals surface area contributed by atoms with Gasteiger partial charge in [0.1, 0.15) is 6.10 Å². The first-order valence-electron chi connectivity index (χ1n) is 9.98. The normalized spacial score (nSPS) is 25.5. The van der Waals surface area contributed by atoms with Crippen molar-refractivity contribution in [2.75, 3.05) is 0 Å². The molecule has 6 heteroatoms. The number of aliphatic carboxylic acids is 1. The highest BCUT2D eigenvalue weighted by atomic mass is 16.5. The third-order valence-corrected chi connectivity index (χ3v) is 4.42. The number of carboxylic acid groups (broad SMARTS) is 1. The highest BCUT2D eigenvalue weighted by molar-refractivity contribution is 5.66. The van der Waals surface area contributed by atoms with Gasteiger partial charge in [0.15, 0.2) is 0 Å². The molecule has 1 heterocycles. The molecule has 6 nitrogen and oxygen atoms in total. The number of aliphatic hydroxyl groups is 3. The van der Waals surface area contributed by atoms with E-state index in [1.54, 1.807) is 24.3 Å². The molecule has 4 N–H and O–H groups in total. The van der Waals surface area contributed by atoms with E-state index in [9.17, 15) is 20.1 Å². The van der Waals surface area contributed by atoms with Crippen molar-refractivity contribution in [2.45, 2.75) is 82.4 Å². The fourth-order valence-corrected chi connectivity index (χ4v) is 2.84. The molecule has 1 fully saturated rings. The minimum atomic E-state index is -0.854. The lowest BCUT2D eigenvalue weighted by Crippen LogP contribution is -2.25. The van der Waals surface area contributed by atoms with Crippen LogP contribution >= 0.6 is 0 Å². The molecule has 1 rings (SSSR count). The molecular formula is C22H34O6. The summed E-state index contributed by atoms with van der Waals surface area (Å²) in [5.41, 5.74) is 0. The summed E-state index contributed by atoms with van der Waals surface area (Å²) in [7, 11) is 0. The standard InChI is InChI=1S/C22H34O6/c1-2-3-4-5-6-8-11-17(23)14-15-20-19(25)16-21(28-20)18(24)12-9-7-10-13-22(26)27/h3-4,6-9,14-15,17-21,23-25H,2,5,10-13,16H2,1H3,(H,26,27)/b4-3-,8-6-,9-7-,15-14+/t17-,18-,19-,20-,21-/m0/s1. The van der Waals surface area contributed by atoms with Gasteiger partial charge in [-0.05, 0) is 32.1 Å². The van der Waals surface area contributed by atoms with Gasteiger partial charge in [-0.1, -0.05) is 55.5 Å². The summed E-state index contributed by atoms with van der Waals surface area (Å²) in [5.74, 6) is -0.854. The number of allylic oxidation sites excluding steroid dienone is 4. The van der Waals surface area contributed by atoms with Crippen LogP contribution in [0.2, 0.25) is 0 Å². The highest BCUT2D eigenvalue weighted by Crippen LogP contribution is 2.25. The molecule has 0 amide bonds. The van der Waals surface area contributed by atoms with E-state index in [4.69, 9.17) is 9.84 Å². The maximum Gasteiger partial charge on any atom is 0.303 e. The fraction of sp³-hybridized carbons (Fsp3) is 0.591. The van der Waals surface area contributed by atoms with Crippen LogP contribution in [-0.2, 0) is 9.53 Å². The summed E-state index contributed by atoms with van der Waals surface area (Å²) in [4.78, 5) is 10.4. The molecule has 1 aliphatic heterocycles. The Kier molecular flexibility index (Phi) is 12.4. The van der Waals surface area contributed by atoms with Crippen molar-refractivity contribution in [3.05, 3.63) is 48.6 Å². The predicted molar refractivity (Wildman–Crippen MR) is 109 cm³/mol. The Balaban J connectivity index is 2.34. The second kappa shape index (κ2) is 14.3. The first kappa shape index (κ1) is 24.3. The lowest BCUT2D eigenvalue weighted by atomic mass is 10.0. The van der Waals surface area contributed by atoms with E-state index in [0.29, 0.717) is 25.7 Å². The van der Waals surface area contributed by atoms with Gasteiger partial charge in [-0.3, -0.25) is 4.79 Å². The highest BCUT2D eigenvalue weighted by Gasteiger charge is 2.35. The molecule has 0 radical (unpaired) electrons. The molecule has 0 aromatic carbocycles. The van der Waals surface area contributed by atoms with E-state index >= 15 is 0 Å². The fourth-order valence-electron chi connectivity index (χ4n) is 2.84. The van der Waals surface area contributed by atoms with E-state index in [-0.39, 0.29) is 6.42 Å². The molecule has 158 valence electrons. The van der Waals surface area contributed by atoms with Gasteiger partial charge < -0.3 is 25.2 Å². The van der Waals surface area contributed by atoms with Crippen LogP contribution in [0, 0.1) is 0 Å². The molecule has 0 unspecified atom stereocenters. The zero-order chi connectivity index (χ0) is 20.8. The third kappa shape index (κ3) is 10.6. The van der Waals surface area contributed by atoms with Gasteiger partial charge in [-0.2, -0.15) is 0 Å². The zero-order valence-electron chi connectivity index (χ0n) is 16.6. The van der Waals surface area contributed by atoms with Crippen LogP contribution in [0.1, 0.15) is 51.9 Å². The molecule has 0 bridgehead atoms. The van der Waals surface area contributed by atoms with Gasteiger partial charge in [-0.25, -0.2) is 0 Å². The predicted octanol–water partition coefficient (Wildman–Crippen LogP) is 2.90. The largest absolute Gasteiger partial charge is 0.481 e. The second-order valence-electron chi connectivity index (χ2n) is 6.92. The maximum atomic E-state index is 10.4. The smallest absolute Gasteiger partial charge is 0.303 e. The first-order valence-corrected chi connectivity index (χ1v) is 9.98. The summed E-state index contributed by atoms with van der Waals surface area (Å²) >= 11 is 0. The number of carbonyl (C=O) groups is 1. The van der Waals surface area contributed by atoms with E-state index in [2.05, 4.69) is 19.1 Å². The van der Waals surface area contributed by atoms with E-state index in [0.717, 1.165) is 12.8 Å². The van der Waals surface area contributed by atoms with Crippen LogP contribution in [0.15, 0.2) is 48.6 Å². The Morgan fingerprint density at radius 1 is 1.11 bits per heavy atom. The monoisotopic (exact) mass is 394 g/mol. The molecule has 0 aromatic heterocycles. The van der Waals surface area contributed by atoms with Crippen molar-refractivity contribution in [1.29, 1.82) is 0 Å². The minimum absolute atomic E-state index is 0.0606. The second-order valence-corrected chi connectivity index (χ2v) is 6.92. The Labute approximate surface area is 167 Å². The van der Waals surface area contributed by atoms with Crippen LogP contribution in [0.4, 0.5) is 0 Å². The Hall–Kier alpha value is -1.73. The minimum Gasteiger partial charge on any atom is -0.481 e. The van der Waals surface area contributed by atoms with Crippen molar-refractivity contribution < 1.29 is 30.0 Å². The van der Waals surface area contributed by atoms with Crippen LogP contribution in [-0.4, -0.2) is 56.9 Å². The first-order chi connectivity index (χ1) is 13.4. The van der Waals surface area contributed by atoms with Gasteiger partial charge in [0.05, 0.1) is 24.4 Å². The Morgan fingerprint density at radius 2 is 1.82 bits per heavy atom. The summed E-state index contributed by atoms with van der Waals surface area (Å²) in [6.07, 6.45) is 15.1. The quantitative estimate of drug-likeness (QED) is 0.358. The van der Waals surface area contributed by atoms with Gasteiger partial charge in [0.2, 0.25) is 0 Å². The molecule has 0 saturated carbocycles. The van der Waals surface area contributed by atoms with Crippen molar-refractivity contribution in [2.24, 2.45) is 0 Å². The topological polar surface area (TPSA) is 107 Å². The number of aliphatic hydroxyl groups excluding tert-OH is 3. The average molecular weight is 395 g/mol. The Bertz CT molecular complexity index is 551. The summed E-state index contributed by atoms with van der Waals surface area (Å²) < 4.78 is 5.70. The summed E-state index contributed by atoms with van der Waals surface area (Å²) in [5, 5.41) is 38.9. The summed E-state index contributed by atoms with van der Waals surface area (Å²) in [6.45, 7) is 2.08. The average Bonchev–Trinajstić information content (AvgIpc) is 3.03. The molecule has 1 aliphatic rings. The van der Waals surface area contributed by atoms with Crippen LogP contribution in [0.5, 0.6) is 0 Å². The van der Waals surface area contributed by atoms with Crippen molar-refractivity contribution in [3.8, 4) is 0 Å². The molecule has 0 spiro atoms. The van der Waals surface area contributed by atoms with Gasteiger partial charge in [-0.15, -0.1) is 0 Å². The number of hydrogen-bond acceptors (Lipinski definition) is 5. The molecule has 28 heavy (non-hydrogen) atoms. The molecule has 1 saturated heterocycles. The molecule has 5 atom stereocenters. The number of rotatable bonds is 13. The van der Waals surface area contributed by atoms with Gasteiger partial charge in [0, 0.05) is 12.8 Å². The summed E-state index contributed by atoms with van der Waals surface area (Å²) in [6, 6.07) is 0. The third-order valence-electron chi connectivity index (χ3n) is 4.42.